The van der Waals surface area contributed by atoms with Gasteiger partial charge in [-0.25, -0.2) is 4.79 Å². The van der Waals surface area contributed by atoms with E-state index in [0.29, 0.717) is 17.8 Å². The number of carbonyl (C=O) groups is 1. The molecule has 2 aromatic rings. The lowest BCUT2D eigenvalue weighted by atomic mass is 9.99. The van der Waals surface area contributed by atoms with E-state index in [1.807, 2.05) is 17.5 Å². The van der Waals surface area contributed by atoms with Gasteiger partial charge >= 0.3 is 5.69 Å². The van der Waals surface area contributed by atoms with E-state index < -0.39 is 11.2 Å². The lowest BCUT2D eigenvalue weighted by molar-refractivity contribution is -0.138. The Labute approximate surface area is 124 Å². The van der Waals surface area contributed by atoms with Gasteiger partial charge in [0.05, 0.1) is 12.5 Å². The average Bonchev–Trinajstić information content (AvgIpc) is 2.85. The molecule has 110 valence electrons. The van der Waals surface area contributed by atoms with Crippen LogP contribution >= 0.6 is 11.3 Å². The van der Waals surface area contributed by atoms with Gasteiger partial charge in [0.25, 0.3) is 5.56 Å². The molecule has 1 aliphatic rings. The molecule has 2 aromatic heterocycles. The molecule has 1 saturated heterocycles. The molecule has 0 aliphatic carbocycles. The van der Waals surface area contributed by atoms with Crippen LogP contribution in [0.3, 0.4) is 0 Å². The van der Waals surface area contributed by atoms with Crippen molar-refractivity contribution in [2.75, 3.05) is 6.54 Å². The number of aromatic amines is 2. The Kier molecular flexibility index (Phi) is 3.50. The van der Waals surface area contributed by atoms with Crippen LogP contribution in [0.25, 0.3) is 0 Å². The Hall–Kier alpha value is -2.15. The van der Waals surface area contributed by atoms with Crippen LogP contribution in [0, 0.1) is 6.92 Å². The number of aryl methyl sites for hydroxylation is 1. The largest absolute Gasteiger partial charge is 0.334 e. The van der Waals surface area contributed by atoms with Gasteiger partial charge in [-0.15, -0.1) is 11.3 Å². The molecule has 7 heteroatoms. The quantitative estimate of drug-likeness (QED) is 0.885. The number of nitrogens with one attached hydrogen (secondary N) is 2. The first-order valence-corrected chi connectivity index (χ1v) is 7.59. The highest BCUT2D eigenvalue weighted by Gasteiger charge is 2.34. The molecule has 2 N–H and O–H groups in total. The molecule has 6 nitrogen and oxygen atoms in total. The van der Waals surface area contributed by atoms with E-state index >= 15 is 0 Å². The van der Waals surface area contributed by atoms with Gasteiger partial charge in [0.15, 0.2) is 0 Å². The van der Waals surface area contributed by atoms with Crippen molar-refractivity contribution in [1.29, 1.82) is 0 Å². The molecule has 1 unspecified atom stereocenters. The minimum atomic E-state index is -0.547. The standard InChI is InChI=1S/C14H15N3O3S/c1-8-9(13(19)16-14(20)15-8)7-12(18)17-5-4-10(17)11-3-2-6-21-11/h2-3,6,10H,4-5,7H2,1H3,(H2,15,16,19,20). The van der Waals surface area contributed by atoms with Gasteiger partial charge < -0.3 is 9.88 Å². The Morgan fingerprint density at radius 2 is 2.24 bits per heavy atom. The highest BCUT2D eigenvalue weighted by Crippen LogP contribution is 2.35. The van der Waals surface area contributed by atoms with Crippen LogP contribution in [-0.2, 0) is 11.2 Å². The average molecular weight is 305 g/mol. The fourth-order valence-corrected chi connectivity index (χ4v) is 3.43. The van der Waals surface area contributed by atoms with E-state index in [-0.39, 0.29) is 18.4 Å². The van der Waals surface area contributed by atoms with Crippen molar-refractivity contribution >= 4 is 17.2 Å². The Morgan fingerprint density at radius 1 is 1.43 bits per heavy atom. The lowest BCUT2D eigenvalue weighted by Gasteiger charge is -2.40. The topological polar surface area (TPSA) is 86.0 Å². The van der Waals surface area contributed by atoms with Gasteiger partial charge in [0.2, 0.25) is 5.91 Å². The third-order valence-corrected chi connectivity index (χ3v) is 4.77. The van der Waals surface area contributed by atoms with E-state index in [2.05, 4.69) is 9.97 Å². The maximum Gasteiger partial charge on any atom is 0.325 e. The Balaban J connectivity index is 1.79. The summed E-state index contributed by atoms with van der Waals surface area (Å²) in [6.45, 7) is 2.34. The molecular weight excluding hydrogens is 290 g/mol. The normalized spacial score (nSPS) is 17.6. The maximum atomic E-state index is 12.4. The third-order valence-electron chi connectivity index (χ3n) is 3.79. The summed E-state index contributed by atoms with van der Waals surface area (Å²) >= 11 is 1.63. The number of nitrogens with zero attached hydrogens (tertiary/aromatic N) is 1. The van der Waals surface area contributed by atoms with Crippen molar-refractivity contribution in [3.63, 3.8) is 0 Å². The summed E-state index contributed by atoms with van der Waals surface area (Å²) in [6, 6.07) is 4.12. The van der Waals surface area contributed by atoms with Crippen LogP contribution in [0.1, 0.15) is 28.6 Å². The molecule has 0 radical (unpaired) electrons. The second kappa shape index (κ2) is 5.33. The zero-order valence-corrected chi connectivity index (χ0v) is 12.3. The van der Waals surface area contributed by atoms with E-state index in [9.17, 15) is 14.4 Å². The number of hydrogen-bond donors (Lipinski definition) is 2. The van der Waals surface area contributed by atoms with Crippen molar-refractivity contribution < 1.29 is 4.79 Å². The molecule has 0 aromatic carbocycles. The van der Waals surface area contributed by atoms with Crippen LogP contribution in [0.15, 0.2) is 27.1 Å². The predicted molar refractivity (Wildman–Crippen MR) is 79.5 cm³/mol. The lowest BCUT2D eigenvalue weighted by Crippen LogP contribution is -2.46. The Morgan fingerprint density at radius 3 is 2.81 bits per heavy atom. The van der Waals surface area contributed by atoms with E-state index in [4.69, 9.17) is 0 Å². The molecule has 3 rings (SSSR count). The second-order valence-corrected chi connectivity index (χ2v) is 6.07. The summed E-state index contributed by atoms with van der Waals surface area (Å²) in [6.07, 6.45) is 0.965. The number of rotatable bonds is 3. The fourth-order valence-electron chi connectivity index (χ4n) is 2.55. The predicted octanol–water partition coefficient (Wildman–Crippen LogP) is 0.949. The monoisotopic (exact) mass is 305 g/mol. The van der Waals surface area contributed by atoms with Crippen molar-refractivity contribution in [1.82, 2.24) is 14.9 Å². The summed E-state index contributed by atoms with van der Waals surface area (Å²) in [5.74, 6) is -0.0831. The van der Waals surface area contributed by atoms with Gasteiger partial charge in [0.1, 0.15) is 0 Å². The third kappa shape index (κ3) is 2.56. The molecule has 21 heavy (non-hydrogen) atoms. The summed E-state index contributed by atoms with van der Waals surface area (Å²) in [5, 5.41) is 1.99. The van der Waals surface area contributed by atoms with Crippen LogP contribution < -0.4 is 11.2 Å². The maximum absolute atomic E-state index is 12.4. The van der Waals surface area contributed by atoms with Gasteiger partial charge in [-0.2, -0.15) is 0 Å². The molecule has 1 atom stereocenters. The molecule has 1 amide bonds. The summed E-state index contributed by atoms with van der Waals surface area (Å²) < 4.78 is 0. The summed E-state index contributed by atoms with van der Waals surface area (Å²) in [5.41, 5.74) is -0.256. The number of amides is 1. The number of thiophene rings is 1. The minimum absolute atomic E-state index is 0.0137. The first-order valence-electron chi connectivity index (χ1n) is 6.71. The van der Waals surface area contributed by atoms with Crippen molar-refractivity contribution in [2.45, 2.75) is 25.8 Å². The van der Waals surface area contributed by atoms with E-state index in [1.54, 1.807) is 23.2 Å². The van der Waals surface area contributed by atoms with Gasteiger partial charge in [-0.05, 0) is 24.8 Å². The number of hydrogen-bond acceptors (Lipinski definition) is 4. The van der Waals surface area contributed by atoms with E-state index in [1.165, 1.54) is 4.88 Å². The van der Waals surface area contributed by atoms with Crippen LogP contribution in [0.5, 0.6) is 0 Å². The zero-order valence-electron chi connectivity index (χ0n) is 11.5. The molecule has 3 heterocycles. The molecule has 0 saturated carbocycles. The van der Waals surface area contributed by atoms with Gasteiger partial charge in [-0.3, -0.25) is 14.6 Å². The molecule has 1 fully saturated rings. The van der Waals surface area contributed by atoms with Crippen molar-refractivity contribution in [3.05, 3.63) is 54.5 Å². The minimum Gasteiger partial charge on any atom is -0.334 e. The molecule has 1 aliphatic heterocycles. The molecule has 0 bridgehead atoms. The van der Waals surface area contributed by atoms with Crippen LogP contribution in [-0.4, -0.2) is 27.3 Å². The zero-order chi connectivity index (χ0) is 15.0. The van der Waals surface area contributed by atoms with E-state index in [0.717, 1.165) is 6.42 Å². The summed E-state index contributed by atoms with van der Waals surface area (Å²) in [7, 11) is 0. The highest BCUT2D eigenvalue weighted by atomic mass is 32.1. The summed E-state index contributed by atoms with van der Waals surface area (Å²) in [4.78, 5) is 43.0. The van der Waals surface area contributed by atoms with Crippen LogP contribution in [0.4, 0.5) is 0 Å². The number of carbonyl (C=O) groups excluding carboxylic acids is 1. The SMILES string of the molecule is Cc1[nH]c(=O)[nH]c(=O)c1CC(=O)N1CCC1c1cccs1. The van der Waals surface area contributed by atoms with Gasteiger partial charge in [0, 0.05) is 22.7 Å². The second-order valence-electron chi connectivity index (χ2n) is 5.10. The Bertz CT molecular complexity index is 776. The molecular formula is C14H15N3O3S. The molecule has 0 spiro atoms. The smallest absolute Gasteiger partial charge is 0.325 e. The number of likely N-dealkylation sites (tertiary alicyclic amines) is 1. The first-order chi connectivity index (χ1) is 10.1. The first kappa shape index (κ1) is 13.8. The van der Waals surface area contributed by atoms with Crippen molar-refractivity contribution in [2.24, 2.45) is 0 Å². The number of H-pyrrole nitrogens is 2. The van der Waals surface area contributed by atoms with Gasteiger partial charge in [-0.1, -0.05) is 6.07 Å². The fraction of sp³-hybridized carbons (Fsp3) is 0.357. The van der Waals surface area contributed by atoms with Crippen molar-refractivity contribution in [3.8, 4) is 0 Å². The number of aromatic nitrogens is 2. The highest BCUT2D eigenvalue weighted by molar-refractivity contribution is 7.10. The van der Waals surface area contributed by atoms with Crippen LogP contribution in [0.2, 0.25) is 0 Å².